The quantitative estimate of drug-likeness (QED) is 0.475. The molecule has 2 N–H and O–H groups in total. The Bertz CT molecular complexity index is 462. The van der Waals surface area contributed by atoms with Crippen molar-refractivity contribution in [1.82, 2.24) is 4.90 Å². The third kappa shape index (κ3) is 4.73. The molecule has 0 saturated carbocycles. The summed E-state index contributed by atoms with van der Waals surface area (Å²) in [4.78, 5) is 6.64. The van der Waals surface area contributed by atoms with Gasteiger partial charge in [-0.2, -0.15) is 11.8 Å². The lowest BCUT2D eigenvalue weighted by Crippen LogP contribution is -2.42. The van der Waals surface area contributed by atoms with E-state index in [4.69, 9.17) is 10.5 Å². The average Bonchev–Trinajstić information content (AvgIpc) is 2.46. The maximum Gasteiger partial charge on any atom is 0.191 e. The molecule has 0 bridgehead atoms. The van der Waals surface area contributed by atoms with Crippen LogP contribution in [0.25, 0.3) is 0 Å². The van der Waals surface area contributed by atoms with E-state index in [1.807, 2.05) is 17.8 Å². The van der Waals surface area contributed by atoms with Gasteiger partial charge in [0.2, 0.25) is 0 Å². The molecular formula is C14H22IN3OS. The van der Waals surface area contributed by atoms with Crippen LogP contribution in [0.2, 0.25) is 0 Å². The molecule has 1 aliphatic heterocycles. The summed E-state index contributed by atoms with van der Waals surface area (Å²) in [7, 11) is 1.69. The number of halogens is 1. The van der Waals surface area contributed by atoms with Crippen LogP contribution >= 0.6 is 35.7 Å². The summed E-state index contributed by atoms with van der Waals surface area (Å²) in [5.41, 5.74) is 8.30. The molecule has 2 rings (SSSR count). The number of benzene rings is 1. The molecule has 0 aromatic heterocycles. The molecule has 0 amide bonds. The fourth-order valence-electron chi connectivity index (χ4n) is 2.04. The summed E-state index contributed by atoms with van der Waals surface area (Å²) in [6.45, 7) is 4.60. The molecule has 1 aromatic rings. The van der Waals surface area contributed by atoms with E-state index in [2.05, 4.69) is 28.9 Å². The molecule has 6 heteroatoms. The molecule has 0 aliphatic carbocycles. The second-order valence-electron chi connectivity index (χ2n) is 4.59. The second kappa shape index (κ2) is 8.61. The van der Waals surface area contributed by atoms with E-state index in [0.717, 1.165) is 35.9 Å². The number of hydrogen-bond donors (Lipinski definition) is 1. The first-order valence-corrected chi connectivity index (χ1v) is 7.62. The van der Waals surface area contributed by atoms with Crippen molar-refractivity contribution in [3.05, 3.63) is 29.3 Å². The maximum absolute atomic E-state index is 6.04. The summed E-state index contributed by atoms with van der Waals surface area (Å²) >= 11 is 1.97. The highest BCUT2D eigenvalue weighted by Gasteiger charge is 2.12. The highest BCUT2D eigenvalue weighted by molar-refractivity contribution is 14.0. The van der Waals surface area contributed by atoms with Crippen LogP contribution in [0.15, 0.2) is 23.2 Å². The van der Waals surface area contributed by atoms with Crippen LogP contribution in [0.1, 0.15) is 11.1 Å². The van der Waals surface area contributed by atoms with Crippen LogP contribution in [-0.4, -0.2) is 42.6 Å². The lowest BCUT2D eigenvalue weighted by molar-refractivity contribution is 0.409. The number of thioether (sulfide) groups is 1. The Labute approximate surface area is 142 Å². The van der Waals surface area contributed by atoms with Gasteiger partial charge in [0.05, 0.1) is 13.7 Å². The van der Waals surface area contributed by atoms with Crippen molar-refractivity contribution in [2.75, 3.05) is 31.7 Å². The molecule has 0 atom stereocenters. The zero-order valence-electron chi connectivity index (χ0n) is 12.0. The topological polar surface area (TPSA) is 50.9 Å². The molecule has 1 saturated heterocycles. The monoisotopic (exact) mass is 407 g/mol. The van der Waals surface area contributed by atoms with Gasteiger partial charge in [-0.15, -0.1) is 24.0 Å². The first kappa shape index (κ1) is 17.4. The highest BCUT2D eigenvalue weighted by atomic mass is 127. The number of aryl methyl sites for hydroxylation is 1. The largest absolute Gasteiger partial charge is 0.496 e. The minimum atomic E-state index is 0. The van der Waals surface area contributed by atoms with Gasteiger partial charge >= 0.3 is 0 Å². The van der Waals surface area contributed by atoms with E-state index in [-0.39, 0.29) is 24.0 Å². The van der Waals surface area contributed by atoms with Crippen LogP contribution < -0.4 is 10.5 Å². The lowest BCUT2D eigenvalue weighted by Gasteiger charge is -2.27. The number of aliphatic imine (C=N–C) groups is 1. The molecule has 0 radical (unpaired) electrons. The van der Waals surface area contributed by atoms with Gasteiger partial charge in [-0.25, -0.2) is 4.99 Å². The van der Waals surface area contributed by atoms with Gasteiger partial charge in [0, 0.05) is 30.2 Å². The third-order valence-corrected chi connectivity index (χ3v) is 4.13. The number of methoxy groups -OCH3 is 1. The molecular weight excluding hydrogens is 385 g/mol. The van der Waals surface area contributed by atoms with Gasteiger partial charge in [-0.05, 0) is 18.6 Å². The predicted octanol–water partition coefficient (Wildman–Crippen LogP) is 2.49. The number of nitrogens with zero attached hydrogens (tertiary/aromatic N) is 2. The van der Waals surface area contributed by atoms with Crippen molar-refractivity contribution >= 4 is 41.7 Å². The zero-order chi connectivity index (χ0) is 13.7. The van der Waals surface area contributed by atoms with Crippen LogP contribution in [0, 0.1) is 6.92 Å². The lowest BCUT2D eigenvalue weighted by atomic mass is 10.1. The number of hydrogen-bond acceptors (Lipinski definition) is 3. The molecule has 1 aliphatic rings. The first-order valence-electron chi connectivity index (χ1n) is 6.47. The van der Waals surface area contributed by atoms with Crippen molar-refractivity contribution in [1.29, 1.82) is 0 Å². The van der Waals surface area contributed by atoms with Gasteiger partial charge in [0.25, 0.3) is 0 Å². The summed E-state index contributed by atoms with van der Waals surface area (Å²) in [6.07, 6.45) is 0. The normalized spacial score (nSPS) is 15.7. The van der Waals surface area contributed by atoms with E-state index in [9.17, 15) is 0 Å². The van der Waals surface area contributed by atoms with Gasteiger partial charge < -0.3 is 15.4 Å². The van der Waals surface area contributed by atoms with E-state index in [1.165, 1.54) is 5.56 Å². The standard InChI is InChI=1S/C14H21N3OS.HI/c1-11-3-4-12(13(9-11)18-2)10-16-14(15)17-5-7-19-8-6-17;/h3-4,9H,5-8,10H2,1-2H3,(H2,15,16);1H. The van der Waals surface area contributed by atoms with E-state index < -0.39 is 0 Å². The summed E-state index contributed by atoms with van der Waals surface area (Å²) < 4.78 is 5.38. The Morgan fingerprint density at radius 3 is 2.75 bits per heavy atom. The number of nitrogens with two attached hydrogens (primary N) is 1. The minimum absolute atomic E-state index is 0. The second-order valence-corrected chi connectivity index (χ2v) is 5.81. The fourth-order valence-corrected chi connectivity index (χ4v) is 2.94. The molecule has 1 fully saturated rings. The number of rotatable bonds is 3. The van der Waals surface area contributed by atoms with E-state index in [0.29, 0.717) is 12.5 Å². The molecule has 0 spiro atoms. The van der Waals surface area contributed by atoms with Crippen molar-refractivity contribution in [2.24, 2.45) is 10.7 Å². The van der Waals surface area contributed by atoms with Gasteiger partial charge in [-0.1, -0.05) is 12.1 Å². The van der Waals surface area contributed by atoms with E-state index >= 15 is 0 Å². The Kier molecular flexibility index (Phi) is 7.50. The van der Waals surface area contributed by atoms with Gasteiger partial charge in [0.15, 0.2) is 5.96 Å². The maximum atomic E-state index is 6.04. The SMILES string of the molecule is COc1cc(C)ccc1CN=C(N)N1CCSCC1.I. The smallest absolute Gasteiger partial charge is 0.191 e. The van der Waals surface area contributed by atoms with Crippen LogP contribution in [0.3, 0.4) is 0 Å². The molecule has 112 valence electrons. The van der Waals surface area contributed by atoms with Crippen LogP contribution in [0.4, 0.5) is 0 Å². The fraction of sp³-hybridized carbons (Fsp3) is 0.500. The Hall–Kier alpha value is -0.630. The number of ether oxygens (including phenoxy) is 1. The molecule has 1 aromatic carbocycles. The predicted molar refractivity (Wildman–Crippen MR) is 97.4 cm³/mol. The molecule has 1 heterocycles. The van der Waals surface area contributed by atoms with Crippen LogP contribution in [-0.2, 0) is 6.54 Å². The minimum Gasteiger partial charge on any atom is -0.496 e. The van der Waals surface area contributed by atoms with Gasteiger partial charge in [0.1, 0.15) is 5.75 Å². The molecule has 20 heavy (non-hydrogen) atoms. The number of guanidine groups is 1. The highest BCUT2D eigenvalue weighted by Crippen LogP contribution is 2.20. The summed E-state index contributed by atoms with van der Waals surface area (Å²) in [6, 6.07) is 6.15. The van der Waals surface area contributed by atoms with Crippen LogP contribution in [0.5, 0.6) is 5.75 Å². The molecule has 0 unspecified atom stereocenters. The van der Waals surface area contributed by atoms with E-state index in [1.54, 1.807) is 7.11 Å². The van der Waals surface area contributed by atoms with Gasteiger partial charge in [-0.3, -0.25) is 0 Å². The van der Waals surface area contributed by atoms with Crippen molar-refractivity contribution in [2.45, 2.75) is 13.5 Å². The average molecular weight is 407 g/mol. The Morgan fingerprint density at radius 1 is 1.40 bits per heavy atom. The Balaban J connectivity index is 0.00000200. The zero-order valence-corrected chi connectivity index (χ0v) is 15.1. The molecule has 4 nitrogen and oxygen atoms in total. The first-order chi connectivity index (χ1) is 9.20. The third-order valence-electron chi connectivity index (χ3n) is 3.19. The van der Waals surface area contributed by atoms with Crippen molar-refractivity contribution in [3.8, 4) is 5.75 Å². The summed E-state index contributed by atoms with van der Waals surface area (Å²) in [5, 5.41) is 0. The Morgan fingerprint density at radius 2 is 2.10 bits per heavy atom. The summed E-state index contributed by atoms with van der Waals surface area (Å²) in [5.74, 6) is 3.78. The van der Waals surface area contributed by atoms with Crippen molar-refractivity contribution < 1.29 is 4.74 Å². The van der Waals surface area contributed by atoms with Crippen molar-refractivity contribution in [3.63, 3.8) is 0 Å².